The highest BCUT2D eigenvalue weighted by atomic mass is 35.5. The van der Waals surface area contributed by atoms with E-state index >= 15 is 0 Å². The Hall–Kier alpha value is -0.730. The lowest BCUT2D eigenvalue weighted by atomic mass is 9.98. The minimum absolute atomic E-state index is 0.225. The Morgan fingerprint density at radius 2 is 2.25 bits per heavy atom. The van der Waals surface area contributed by atoms with Crippen molar-refractivity contribution in [3.8, 4) is 5.75 Å². The van der Waals surface area contributed by atoms with Gasteiger partial charge in [0.25, 0.3) is 0 Å². The predicted octanol–water partition coefficient (Wildman–Crippen LogP) is 2.08. The third-order valence-electron chi connectivity index (χ3n) is 2.18. The highest BCUT2D eigenvalue weighted by molar-refractivity contribution is 6.31. The summed E-state index contributed by atoms with van der Waals surface area (Å²) in [6.45, 7) is 1.06. The van der Waals surface area contributed by atoms with E-state index in [4.69, 9.17) is 16.7 Å². The second kappa shape index (κ2) is 2.96. The zero-order valence-electron chi connectivity index (χ0n) is 6.55. The summed E-state index contributed by atoms with van der Waals surface area (Å²) in [7, 11) is 0. The van der Waals surface area contributed by atoms with Crippen molar-refractivity contribution in [2.24, 2.45) is 0 Å². The third-order valence-corrected chi connectivity index (χ3v) is 2.51. The number of phenolic OH excluding ortho intramolecular Hbond substituents is 1. The average molecular weight is 184 g/mol. The van der Waals surface area contributed by atoms with E-state index in [9.17, 15) is 0 Å². The lowest BCUT2D eigenvalue weighted by Gasteiger charge is -2.28. The van der Waals surface area contributed by atoms with Gasteiger partial charge in [0.05, 0.1) is 0 Å². The van der Waals surface area contributed by atoms with Gasteiger partial charge in [-0.25, -0.2) is 0 Å². The van der Waals surface area contributed by atoms with Crippen LogP contribution >= 0.6 is 11.6 Å². The summed E-state index contributed by atoms with van der Waals surface area (Å²) >= 11 is 5.94. The van der Waals surface area contributed by atoms with Crippen LogP contribution in [0.4, 0.5) is 0 Å². The maximum atomic E-state index is 9.11. The number of hydrogen-bond acceptors (Lipinski definition) is 2. The fraction of sp³-hybridized carbons (Fsp3) is 0.333. The molecule has 1 aromatic rings. The van der Waals surface area contributed by atoms with Crippen molar-refractivity contribution in [3.05, 3.63) is 28.8 Å². The molecule has 0 unspecified atom stereocenters. The van der Waals surface area contributed by atoms with Crippen molar-refractivity contribution in [2.45, 2.75) is 12.5 Å². The van der Waals surface area contributed by atoms with Crippen LogP contribution in [-0.2, 0) is 0 Å². The van der Waals surface area contributed by atoms with Crippen LogP contribution in [0.1, 0.15) is 18.0 Å². The van der Waals surface area contributed by atoms with Crippen LogP contribution in [0.25, 0.3) is 0 Å². The molecule has 1 atom stereocenters. The number of benzene rings is 1. The molecule has 1 aliphatic heterocycles. The van der Waals surface area contributed by atoms with E-state index < -0.39 is 0 Å². The third kappa shape index (κ3) is 1.28. The average Bonchev–Trinajstić information content (AvgIpc) is 1.91. The van der Waals surface area contributed by atoms with Crippen LogP contribution in [0.15, 0.2) is 18.2 Å². The second-order valence-electron chi connectivity index (χ2n) is 3.00. The zero-order valence-corrected chi connectivity index (χ0v) is 7.30. The van der Waals surface area contributed by atoms with E-state index in [0.717, 1.165) is 18.5 Å². The Morgan fingerprint density at radius 3 is 2.75 bits per heavy atom. The molecule has 2 N–H and O–H groups in total. The van der Waals surface area contributed by atoms with Gasteiger partial charge in [0.1, 0.15) is 5.75 Å². The quantitative estimate of drug-likeness (QED) is 0.699. The molecule has 1 aliphatic rings. The molecule has 12 heavy (non-hydrogen) atoms. The summed E-state index contributed by atoms with van der Waals surface area (Å²) in [4.78, 5) is 0. The maximum absolute atomic E-state index is 9.11. The molecule has 1 aromatic carbocycles. The van der Waals surface area contributed by atoms with Gasteiger partial charge >= 0.3 is 0 Å². The lowest BCUT2D eigenvalue weighted by Crippen LogP contribution is -2.35. The molecule has 0 aliphatic carbocycles. The monoisotopic (exact) mass is 183 g/mol. The van der Waals surface area contributed by atoms with Gasteiger partial charge in [0.15, 0.2) is 0 Å². The molecule has 3 heteroatoms. The van der Waals surface area contributed by atoms with E-state index in [-0.39, 0.29) is 5.75 Å². The first-order valence-electron chi connectivity index (χ1n) is 3.99. The minimum Gasteiger partial charge on any atom is -0.508 e. The molecule has 2 nitrogen and oxygen atoms in total. The molecule has 0 aromatic heterocycles. The largest absolute Gasteiger partial charge is 0.508 e. The first-order chi connectivity index (χ1) is 5.77. The Bertz CT molecular complexity index is 297. The topological polar surface area (TPSA) is 32.3 Å². The molecule has 0 spiro atoms. The molecule has 2 rings (SSSR count). The fourth-order valence-electron chi connectivity index (χ4n) is 1.35. The van der Waals surface area contributed by atoms with Gasteiger partial charge in [-0.3, -0.25) is 0 Å². The predicted molar refractivity (Wildman–Crippen MR) is 48.5 cm³/mol. The number of aromatic hydroxyl groups is 1. The fourth-order valence-corrected chi connectivity index (χ4v) is 1.66. The van der Waals surface area contributed by atoms with Gasteiger partial charge in [-0.15, -0.1) is 0 Å². The normalized spacial score (nSPS) is 21.9. The van der Waals surface area contributed by atoms with Crippen molar-refractivity contribution in [3.63, 3.8) is 0 Å². The highest BCUT2D eigenvalue weighted by Crippen LogP contribution is 2.31. The first-order valence-corrected chi connectivity index (χ1v) is 4.37. The van der Waals surface area contributed by atoms with Crippen molar-refractivity contribution in [1.29, 1.82) is 0 Å². The molecule has 0 bridgehead atoms. The minimum atomic E-state index is 0.225. The molecular formula is C9H10ClNO. The Morgan fingerprint density at radius 1 is 1.50 bits per heavy atom. The summed E-state index contributed by atoms with van der Waals surface area (Å²) in [6.07, 6.45) is 1.13. The SMILES string of the molecule is Oc1ccc([C@@H]2CCN2)c(Cl)c1. The molecule has 1 heterocycles. The van der Waals surface area contributed by atoms with Crippen molar-refractivity contribution >= 4 is 11.6 Å². The number of rotatable bonds is 1. The van der Waals surface area contributed by atoms with Gasteiger partial charge in [-0.1, -0.05) is 17.7 Å². The summed E-state index contributed by atoms with van der Waals surface area (Å²) in [5, 5.41) is 13.0. The van der Waals surface area contributed by atoms with Crippen LogP contribution in [-0.4, -0.2) is 11.7 Å². The van der Waals surface area contributed by atoms with E-state index in [1.165, 1.54) is 0 Å². The van der Waals surface area contributed by atoms with Gasteiger partial charge < -0.3 is 10.4 Å². The van der Waals surface area contributed by atoms with Crippen molar-refractivity contribution in [2.75, 3.05) is 6.54 Å². The molecule has 1 fully saturated rings. The number of hydrogen-bond donors (Lipinski definition) is 2. The summed E-state index contributed by atoms with van der Waals surface area (Å²) < 4.78 is 0. The van der Waals surface area contributed by atoms with Gasteiger partial charge in [0.2, 0.25) is 0 Å². The van der Waals surface area contributed by atoms with E-state index in [1.807, 2.05) is 6.07 Å². The molecule has 64 valence electrons. The highest BCUT2D eigenvalue weighted by Gasteiger charge is 2.20. The van der Waals surface area contributed by atoms with Gasteiger partial charge in [-0.05, 0) is 30.7 Å². The van der Waals surface area contributed by atoms with Crippen LogP contribution in [0.5, 0.6) is 5.75 Å². The summed E-state index contributed by atoms with van der Waals surface area (Å²) in [6, 6.07) is 5.50. The number of phenols is 1. The van der Waals surface area contributed by atoms with Gasteiger partial charge in [-0.2, -0.15) is 0 Å². The van der Waals surface area contributed by atoms with Crippen LogP contribution in [0.3, 0.4) is 0 Å². The van der Waals surface area contributed by atoms with Crippen LogP contribution in [0, 0.1) is 0 Å². The molecule has 0 radical (unpaired) electrons. The smallest absolute Gasteiger partial charge is 0.117 e. The number of nitrogens with one attached hydrogen (secondary N) is 1. The van der Waals surface area contributed by atoms with E-state index in [1.54, 1.807) is 12.1 Å². The maximum Gasteiger partial charge on any atom is 0.117 e. The lowest BCUT2D eigenvalue weighted by molar-refractivity contribution is 0.383. The van der Waals surface area contributed by atoms with Crippen molar-refractivity contribution < 1.29 is 5.11 Å². The molecule has 0 amide bonds. The second-order valence-corrected chi connectivity index (χ2v) is 3.41. The Kier molecular flexibility index (Phi) is 1.95. The van der Waals surface area contributed by atoms with E-state index in [2.05, 4.69) is 5.32 Å². The van der Waals surface area contributed by atoms with Crippen LogP contribution in [0.2, 0.25) is 5.02 Å². The van der Waals surface area contributed by atoms with Crippen molar-refractivity contribution in [1.82, 2.24) is 5.32 Å². The van der Waals surface area contributed by atoms with Gasteiger partial charge in [0, 0.05) is 11.1 Å². The Balaban J connectivity index is 2.31. The first kappa shape index (κ1) is 7.90. The standard InChI is InChI=1S/C9H10ClNO/c10-8-5-6(12)1-2-7(8)9-3-4-11-9/h1-2,5,9,11-12H,3-4H2/t9-/m0/s1. The molecule has 0 saturated carbocycles. The molecular weight excluding hydrogens is 174 g/mol. The van der Waals surface area contributed by atoms with E-state index in [0.29, 0.717) is 11.1 Å². The number of halogens is 1. The summed E-state index contributed by atoms with van der Waals surface area (Å²) in [5.41, 5.74) is 1.08. The summed E-state index contributed by atoms with van der Waals surface area (Å²) in [5.74, 6) is 0.225. The Labute approximate surface area is 76.2 Å². The van der Waals surface area contributed by atoms with Crippen LogP contribution < -0.4 is 5.32 Å². The zero-order chi connectivity index (χ0) is 8.55. The molecule has 1 saturated heterocycles.